The minimum absolute atomic E-state index is 0.0627. The number of rotatable bonds is 10. The SMILES string of the molecule is CCCCC1CCCCC1(CCCC)OC(C)Cc1ccccc1O. The van der Waals surface area contributed by atoms with Crippen molar-refractivity contribution in [3.05, 3.63) is 29.8 Å². The molecule has 0 spiro atoms. The lowest BCUT2D eigenvalue weighted by molar-refractivity contribution is -0.147. The Hall–Kier alpha value is -1.02. The molecule has 142 valence electrons. The first-order valence-corrected chi connectivity index (χ1v) is 10.6. The van der Waals surface area contributed by atoms with E-state index in [2.05, 4.69) is 20.8 Å². The maximum absolute atomic E-state index is 10.1. The van der Waals surface area contributed by atoms with E-state index in [-0.39, 0.29) is 11.7 Å². The van der Waals surface area contributed by atoms with E-state index in [0.717, 1.165) is 12.0 Å². The Morgan fingerprint density at radius 1 is 1.16 bits per heavy atom. The minimum Gasteiger partial charge on any atom is -0.508 e. The van der Waals surface area contributed by atoms with E-state index in [4.69, 9.17) is 4.74 Å². The van der Waals surface area contributed by atoms with Gasteiger partial charge in [0, 0.05) is 6.42 Å². The van der Waals surface area contributed by atoms with Gasteiger partial charge in [0.2, 0.25) is 0 Å². The lowest BCUT2D eigenvalue weighted by Gasteiger charge is -2.46. The predicted octanol–water partition coefficient (Wildman–Crippen LogP) is 6.65. The van der Waals surface area contributed by atoms with Gasteiger partial charge in [0.05, 0.1) is 11.7 Å². The Morgan fingerprint density at radius 2 is 1.92 bits per heavy atom. The molecular formula is C23H38O2. The molecule has 2 rings (SSSR count). The first-order valence-electron chi connectivity index (χ1n) is 10.6. The number of ether oxygens (including phenoxy) is 1. The second kappa shape index (κ2) is 10.2. The highest BCUT2D eigenvalue weighted by molar-refractivity contribution is 5.32. The van der Waals surface area contributed by atoms with E-state index >= 15 is 0 Å². The van der Waals surface area contributed by atoms with Crippen molar-refractivity contribution in [2.24, 2.45) is 5.92 Å². The highest BCUT2D eigenvalue weighted by atomic mass is 16.5. The van der Waals surface area contributed by atoms with Crippen LogP contribution in [0.4, 0.5) is 0 Å². The van der Waals surface area contributed by atoms with Crippen LogP contribution in [-0.4, -0.2) is 16.8 Å². The van der Waals surface area contributed by atoms with E-state index in [9.17, 15) is 5.11 Å². The van der Waals surface area contributed by atoms with Crippen LogP contribution in [0.1, 0.15) is 90.5 Å². The fourth-order valence-electron chi connectivity index (χ4n) is 4.59. The van der Waals surface area contributed by atoms with Crippen LogP contribution in [0, 0.1) is 5.92 Å². The zero-order valence-electron chi connectivity index (χ0n) is 16.6. The van der Waals surface area contributed by atoms with Crippen molar-refractivity contribution in [2.45, 2.75) is 103 Å². The topological polar surface area (TPSA) is 29.5 Å². The number of hydrogen-bond donors (Lipinski definition) is 1. The van der Waals surface area contributed by atoms with Gasteiger partial charge in [-0.15, -0.1) is 0 Å². The van der Waals surface area contributed by atoms with Gasteiger partial charge in [-0.05, 0) is 50.2 Å². The summed E-state index contributed by atoms with van der Waals surface area (Å²) in [6.45, 7) is 6.76. The maximum Gasteiger partial charge on any atom is 0.118 e. The molecule has 2 nitrogen and oxygen atoms in total. The van der Waals surface area contributed by atoms with E-state index in [1.165, 1.54) is 64.2 Å². The van der Waals surface area contributed by atoms with Gasteiger partial charge in [0.15, 0.2) is 0 Å². The zero-order valence-corrected chi connectivity index (χ0v) is 16.6. The van der Waals surface area contributed by atoms with Crippen LogP contribution in [0.15, 0.2) is 24.3 Å². The Kier molecular flexibility index (Phi) is 8.29. The van der Waals surface area contributed by atoms with Crippen molar-refractivity contribution in [1.29, 1.82) is 0 Å². The molecule has 0 radical (unpaired) electrons. The number of phenols is 1. The van der Waals surface area contributed by atoms with Gasteiger partial charge in [-0.1, -0.05) is 70.6 Å². The number of para-hydroxylation sites is 1. The molecule has 0 bridgehead atoms. The fourth-order valence-corrected chi connectivity index (χ4v) is 4.59. The third-order valence-electron chi connectivity index (χ3n) is 5.94. The molecule has 1 saturated carbocycles. The molecule has 0 heterocycles. The molecule has 1 aromatic carbocycles. The van der Waals surface area contributed by atoms with Crippen molar-refractivity contribution in [3.63, 3.8) is 0 Å². The largest absolute Gasteiger partial charge is 0.508 e. The minimum atomic E-state index is 0.0627. The van der Waals surface area contributed by atoms with Gasteiger partial charge in [-0.25, -0.2) is 0 Å². The third-order valence-corrected chi connectivity index (χ3v) is 5.94. The second-order valence-corrected chi connectivity index (χ2v) is 8.01. The van der Waals surface area contributed by atoms with Crippen LogP contribution in [0.3, 0.4) is 0 Å². The summed E-state index contributed by atoms with van der Waals surface area (Å²) in [5.41, 5.74) is 1.06. The summed E-state index contributed by atoms with van der Waals surface area (Å²) in [4.78, 5) is 0. The summed E-state index contributed by atoms with van der Waals surface area (Å²) in [6.07, 6.45) is 13.7. The van der Waals surface area contributed by atoms with Gasteiger partial charge in [-0.3, -0.25) is 0 Å². The molecular weight excluding hydrogens is 308 g/mol. The molecule has 1 fully saturated rings. The first kappa shape index (κ1) is 20.3. The summed E-state index contributed by atoms with van der Waals surface area (Å²) >= 11 is 0. The van der Waals surface area contributed by atoms with Crippen LogP contribution in [-0.2, 0) is 11.2 Å². The number of phenolic OH excluding ortho intramolecular Hbond substituents is 1. The number of aromatic hydroxyl groups is 1. The van der Waals surface area contributed by atoms with Crippen molar-refractivity contribution in [2.75, 3.05) is 0 Å². The van der Waals surface area contributed by atoms with Crippen molar-refractivity contribution in [1.82, 2.24) is 0 Å². The van der Waals surface area contributed by atoms with E-state index in [1.807, 2.05) is 18.2 Å². The lowest BCUT2D eigenvalue weighted by Crippen LogP contribution is -2.46. The Balaban J connectivity index is 2.10. The highest BCUT2D eigenvalue weighted by Crippen LogP contribution is 2.44. The molecule has 1 aliphatic rings. The van der Waals surface area contributed by atoms with Gasteiger partial charge >= 0.3 is 0 Å². The molecule has 0 saturated heterocycles. The van der Waals surface area contributed by atoms with Gasteiger partial charge in [0.25, 0.3) is 0 Å². The summed E-state index contributed by atoms with van der Waals surface area (Å²) < 4.78 is 6.84. The molecule has 0 aromatic heterocycles. The molecule has 0 aliphatic heterocycles. The van der Waals surface area contributed by atoms with E-state index < -0.39 is 0 Å². The number of hydrogen-bond acceptors (Lipinski definition) is 2. The second-order valence-electron chi connectivity index (χ2n) is 8.01. The molecule has 3 unspecified atom stereocenters. The van der Waals surface area contributed by atoms with Gasteiger partial charge < -0.3 is 9.84 Å². The fraction of sp³-hybridized carbons (Fsp3) is 0.739. The number of unbranched alkanes of at least 4 members (excludes halogenated alkanes) is 2. The molecule has 1 aliphatic carbocycles. The summed E-state index contributed by atoms with van der Waals surface area (Å²) in [7, 11) is 0. The average Bonchev–Trinajstić information content (AvgIpc) is 2.61. The molecule has 3 atom stereocenters. The highest BCUT2D eigenvalue weighted by Gasteiger charge is 2.41. The van der Waals surface area contributed by atoms with Crippen molar-refractivity contribution < 1.29 is 9.84 Å². The van der Waals surface area contributed by atoms with Crippen molar-refractivity contribution in [3.8, 4) is 5.75 Å². The van der Waals surface area contributed by atoms with Crippen LogP contribution in [0.5, 0.6) is 5.75 Å². The first-order chi connectivity index (χ1) is 12.1. The monoisotopic (exact) mass is 346 g/mol. The molecule has 1 aromatic rings. The standard InChI is InChI=1S/C23H38O2/c1-4-6-13-21-14-10-11-17-23(21,16-7-5-2)25-19(3)18-20-12-8-9-15-22(20)24/h8-9,12,15,19,21,24H,4-7,10-11,13-14,16-18H2,1-3H3. The lowest BCUT2D eigenvalue weighted by atomic mass is 9.70. The number of benzene rings is 1. The smallest absolute Gasteiger partial charge is 0.118 e. The Bertz CT molecular complexity index is 499. The third kappa shape index (κ3) is 5.74. The molecule has 25 heavy (non-hydrogen) atoms. The zero-order chi connectivity index (χ0) is 18.1. The summed E-state index contributed by atoms with van der Waals surface area (Å²) in [6, 6.07) is 7.68. The predicted molar refractivity (Wildman–Crippen MR) is 106 cm³/mol. The Morgan fingerprint density at radius 3 is 2.64 bits per heavy atom. The molecule has 1 N–H and O–H groups in total. The van der Waals surface area contributed by atoms with Crippen LogP contribution < -0.4 is 0 Å². The van der Waals surface area contributed by atoms with Crippen LogP contribution in [0.25, 0.3) is 0 Å². The summed E-state index contributed by atoms with van der Waals surface area (Å²) in [5.74, 6) is 1.10. The quantitative estimate of drug-likeness (QED) is 0.514. The Labute approximate surface area is 155 Å². The van der Waals surface area contributed by atoms with E-state index in [0.29, 0.717) is 11.7 Å². The normalized spacial score (nSPS) is 25.0. The van der Waals surface area contributed by atoms with Gasteiger partial charge in [-0.2, -0.15) is 0 Å². The molecule has 0 amide bonds. The maximum atomic E-state index is 10.1. The average molecular weight is 347 g/mol. The summed E-state index contributed by atoms with van der Waals surface area (Å²) in [5, 5.41) is 10.1. The van der Waals surface area contributed by atoms with E-state index in [1.54, 1.807) is 6.07 Å². The van der Waals surface area contributed by atoms with Crippen LogP contribution >= 0.6 is 0 Å². The van der Waals surface area contributed by atoms with Crippen LogP contribution in [0.2, 0.25) is 0 Å². The molecule has 2 heteroatoms. The van der Waals surface area contributed by atoms with Crippen molar-refractivity contribution >= 4 is 0 Å². The van der Waals surface area contributed by atoms with Gasteiger partial charge in [0.1, 0.15) is 5.75 Å².